The van der Waals surface area contributed by atoms with E-state index in [-0.39, 0.29) is 18.5 Å². The normalized spacial score (nSPS) is 16.4. The van der Waals surface area contributed by atoms with Gasteiger partial charge in [-0.2, -0.15) is 4.98 Å². The van der Waals surface area contributed by atoms with Crippen molar-refractivity contribution >= 4 is 0 Å². The summed E-state index contributed by atoms with van der Waals surface area (Å²) < 4.78 is 29.6. The largest absolute Gasteiger partial charge is 0.485 e. The zero-order valence-electron chi connectivity index (χ0n) is 13.5. The fourth-order valence-electron chi connectivity index (χ4n) is 2.91. The van der Waals surface area contributed by atoms with Crippen LogP contribution in [0.3, 0.4) is 0 Å². The first-order chi connectivity index (χ1) is 12.3. The van der Waals surface area contributed by atoms with Crippen molar-refractivity contribution in [3.63, 3.8) is 0 Å². The molecule has 0 spiro atoms. The molecule has 1 aliphatic heterocycles. The van der Waals surface area contributed by atoms with E-state index in [0.717, 1.165) is 6.42 Å². The molecule has 0 fully saturated rings. The van der Waals surface area contributed by atoms with Crippen LogP contribution in [0, 0.1) is 5.82 Å². The van der Waals surface area contributed by atoms with Crippen LogP contribution in [0.25, 0.3) is 0 Å². The molecule has 1 aliphatic rings. The molecule has 2 aromatic carbocycles. The lowest BCUT2D eigenvalue weighted by Gasteiger charge is -2.24. The number of benzene rings is 2. The van der Waals surface area contributed by atoms with E-state index in [0.29, 0.717) is 30.5 Å². The molecule has 0 N–H and O–H groups in total. The molecule has 128 valence electrons. The van der Waals surface area contributed by atoms with Crippen LogP contribution < -0.4 is 4.74 Å². The highest BCUT2D eigenvalue weighted by atomic mass is 19.1. The van der Waals surface area contributed by atoms with Crippen LogP contribution in [0.4, 0.5) is 4.39 Å². The Bertz CT molecular complexity index is 848. The van der Waals surface area contributed by atoms with E-state index in [1.54, 1.807) is 12.1 Å². The average molecular weight is 340 g/mol. The van der Waals surface area contributed by atoms with Crippen molar-refractivity contribution in [3.05, 3.63) is 77.2 Å². The maximum atomic E-state index is 12.9. The van der Waals surface area contributed by atoms with Crippen molar-refractivity contribution < 1.29 is 18.4 Å². The Balaban J connectivity index is 1.39. The Labute approximate surface area is 144 Å². The summed E-state index contributed by atoms with van der Waals surface area (Å²) in [6.07, 6.45) is 1.38. The summed E-state index contributed by atoms with van der Waals surface area (Å²) in [6, 6.07) is 14.1. The summed E-state index contributed by atoms with van der Waals surface area (Å²) in [5.74, 6) is 1.21. The molecular formula is C19H17FN2O3. The lowest BCUT2D eigenvalue weighted by atomic mass is 9.96. The number of rotatable bonds is 5. The standard InChI is InChI=1S/C19H17FN2O3/c20-14-5-7-15(8-6-14)24-12-18-21-19(25-22-18)11-17-16-4-2-1-3-13(16)9-10-23-17/h1-8,17H,9-12H2/t17-/m0/s1. The Morgan fingerprint density at radius 3 is 2.84 bits per heavy atom. The first-order valence-electron chi connectivity index (χ1n) is 8.17. The predicted molar refractivity (Wildman–Crippen MR) is 87.6 cm³/mol. The van der Waals surface area contributed by atoms with E-state index in [1.165, 1.54) is 23.3 Å². The fraction of sp³-hybridized carbons (Fsp3) is 0.263. The van der Waals surface area contributed by atoms with Gasteiger partial charge in [-0.1, -0.05) is 29.4 Å². The van der Waals surface area contributed by atoms with Crippen molar-refractivity contribution in [3.8, 4) is 5.75 Å². The van der Waals surface area contributed by atoms with Gasteiger partial charge in [0.2, 0.25) is 11.7 Å². The van der Waals surface area contributed by atoms with Crippen molar-refractivity contribution in [2.75, 3.05) is 6.61 Å². The predicted octanol–water partition coefficient (Wildman–Crippen LogP) is 3.64. The number of hydrogen-bond acceptors (Lipinski definition) is 5. The Morgan fingerprint density at radius 2 is 1.96 bits per heavy atom. The summed E-state index contributed by atoms with van der Waals surface area (Å²) >= 11 is 0. The minimum Gasteiger partial charge on any atom is -0.485 e. The molecule has 4 rings (SSSR count). The summed E-state index contributed by atoms with van der Waals surface area (Å²) in [5.41, 5.74) is 2.48. The van der Waals surface area contributed by atoms with E-state index in [1.807, 2.05) is 12.1 Å². The molecule has 0 unspecified atom stereocenters. The molecule has 5 nitrogen and oxygen atoms in total. The third kappa shape index (κ3) is 3.69. The quantitative estimate of drug-likeness (QED) is 0.710. The lowest BCUT2D eigenvalue weighted by molar-refractivity contribution is 0.0375. The highest BCUT2D eigenvalue weighted by Gasteiger charge is 2.23. The van der Waals surface area contributed by atoms with E-state index in [2.05, 4.69) is 22.3 Å². The highest BCUT2D eigenvalue weighted by Crippen LogP contribution is 2.29. The molecule has 0 bridgehead atoms. The molecule has 0 saturated heterocycles. The zero-order valence-corrected chi connectivity index (χ0v) is 13.5. The van der Waals surface area contributed by atoms with Gasteiger partial charge in [-0.05, 0) is 41.8 Å². The van der Waals surface area contributed by atoms with E-state index in [4.69, 9.17) is 14.0 Å². The summed E-state index contributed by atoms with van der Waals surface area (Å²) in [4.78, 5) is 4.35. The molecule has 0 amide bonds. The van der Waals surface area contributed by atoms with Crippen LogP contribution in [-0.4, -0.2) is 16.7 Å². The van der Waals surface area contributed by atoms with Crippen LogP contribution in [0.2, 0.25) is 0 Å². The number of hydrogen-bond donors (Lipinski definition) is 0. The summed E-state index contributed by atoms with van der Waals surface area (Å²) in [6.45, 7) is 0.855. The molecular weight excluding hydrogens is 323 g/mol. The number of fused-ring (bicyclic) bond motifs is 1. The van der Waals surface area contributed by atoms with Crippen LogP contribution in [0.15, 0.2) is 53.1 Å². The summed E-state index contributed by atoms with van der Waals surface area (Å²) in [5, 5.41) is 3.93. The number of halogens is 1. The Kier molecular flexibility index (Phi) is 4.43. The Hall–Kier alpha value is -2.73. The average Bonchev–Trinajstić information content (AvgIpc) is 3.09. The molecule has 1 aromatic heterocycles. The first kappa shape index (κ1) is 15.8. The van der Waals surface area contributed by atoms with Crippen molar-refractivity contribution in [2.24, 2.45) is 0 Å². The highest BCUT2D eigenvalue weighted by molar-refractivity contribution is 5.31. The monoisotopic (exact) mass is 340 g/mol. The smallest absolute Gasteiger partial charge is 0.229 e. The maximum absolute atomic E-state index is 12.9. The maximum Gasteiger partial charge on any atom is 0.229 e. The van der Waals surface area contributed by atoms with Crippen molar-refractivity contribution in [1.29, 1.82) is 0 Å². The lowest BCUT2D eigenvalue weighted by Crippen LogP contribution is -2.18. The van der Waals surface area contributed by atoms with Gasteiger partial charge in [0.05, 0.1) is 19.1 Å². The van der Waals surface area contributed by atoms with Crippen LogP contribution >= 0.6 is 0 Å². The second kappa shape index (κ2) is 7.03. The molecule has 1 atom stereocenters. The first-order valence-corrected chi connectivity index (χ1v) is 8.17. The van der Waals surface area contributed by atoms with Gasteiger partial charge in [0, 0.05) is 0 Å². The topological polar surface area (TPSA) is 57.4 Å². The van der Waals surface area contributed by atoms with Crippen molar-refractivity contribution in [2.45, 2.75) is 25.6 Å². The van der Waals surface area contributed by atoms with E-state index < -0.39 is 0 Å². The fourth-order valence-corrected chi connectivity index (χ4v) is 2.91. The van der Waals surface area contributed by atoms with E-state index in [9.17, 15) is 4.39 Å². The van der Waals surface area contributed by atoms with Gasteiger partial charge in [0.25, 0.3) is 0 Å². The minimum atomic E-state index is -0.304. The van der Waals surface area contributed by atoms with Gasteiger partial charge in [0.15, 0.2) is 6.61 Å². The third-order valence-corrected chi connectivity index (χ3v) is 4.14. The summed E-state index contributed by atoms with van der Waals surface area (Å²) in [7, 11) is 0. The third-order valence-electron chi connectivity index (χ3n) is 4.14. The van der Waals surface area contributed by atoms with Crippen LogP contribution in [0.5, 0.6) is 5.75 Å². The van der Waals surface area contributed by atoms with Gasteiger partial charge >= 0.3 is 0 Å². The van der Waals surface area contributed by atoms with Gasteiger partial charge in [-0.25, -0.2) is 4.39 Å². The molecule has 0 saturated carbocycles. The second-order valence-electron chi connectivity index (χ2n) is 5.86. The molecule has 0 aliphatic carbocycles. The SMILES string of the molecule is Fc1ccc(OCc2noc(C[C@@H]3OCCc4ccccc43)n2)cc1. The van der Waals surface area contributed by atoms with Crippen LogP contribution in [-0.2, 0) is 24.2 Å². The Morgan fingerprint density at radius 1 is 1.12 bits per heavy atom. The molecule has 6 heteroatoms. The van der Waals surface area contributed by atoms with Crippen molar-refractivity contribution in [1.82, 2.24) is 10.1 Å². The second-order valence-corrected chi connectivity index (χ2v) is 5.86. The van der Waals surface area contributed by atoms with Gasteiger partial charge < -0.3 is 14.0 Å². The minimum absolute atomic E-state index is 0.0729. The molecule has 25 heavy (non-hydrogen) atoms. The van der Waals surface area contributed by atoms with Gasteiger partial charge in [-0.15, -0.1) is 0 Å². The van der Waals surface area contributed by atoms with Crippen LogP contribution in [0.1, 0.15) is 28.9 Å². The van der Waals surface area contributed by atoms with Gasteiger partial charge in [0.1, 0.15) is 11.6 Å². The molecule has 3 aromatic rings. The van der Waals surface area contributed by atoms with E-state index >= 15 is 0 Å². The number of aromatic nitrogens is 2. The number of nitrogens with zero attached hydrogens (tertiary/aromatic N) is 2. The zero-order chi connectivity index (χ0) is 17.1. The molecule has 2 heterocycles. The van der Waals surface area contributed by atoms with Gasteiger partial charge in [-0.3, -0.25) is 0 Å². The molecule has 0 radical (unpaired) electrons. The number of ether oxygens (including phenoxy) is 2.